The van der Waals surface area contributed by atoms with Crippen molar-refractivity contribution in [1.82, 2.24) is 9.55 Å². The lowest BCUT2D eigenvalue weighted by Gasteiger charge is -2.19. The van der Waals surface area contributed by atoms with Crippen molar-refractivity contribution in [2.45, 2.75) is 12.5 Å². The van der Waals surface area contributed by atoms with Crippen molar-refractivity contribution in [1.29, 1.82) is 0 Å². The largest absolute Gasteiger partial charge is 0.460 e. The van der Waals surface area contributed by atoms with Gasteiger partial charge in [0.1, 0.15) is 6.61 Å². The Bertz CT molecular complexity index is 945. The van der Waals surface area contributed by atoms with E-state index in [1.165, 1.54) is 12.1 Å². The van der Waals surface area contributed by atoms with Crippen LogP contribution in [0.2, 0.25) is 20.1 Å². The number of ether oxygens (including phenoxy) is 1. The topological polar surface area (TPSA) is 44.1 Å². The minimum absolute atomic E-state index is 0.118. The molecule has 0 aliphatic carbocycles. The van der Waals surface area contributed by atoms with Crippen molar-refractivity contribution in [2.24, 2.45) is 0 Å². The quantitative estimate of drug-likeness (QED) is 0.430. The highest BCUT2D eigenvalue weighted by molar-refractivity contribution is 6.36. The Hall–Kier alpha value is -1.72. The molecule has 0 N–H and O–H groups in total. The van der Waals surface area contributed by atoms with Crippen LogP contribution in [0.3, 0.4) is 0 Å². The molecule has 0 fully saturated rings. The van der Waals surface area contributed by atoms with Crippen LogP contribution >= 0.6 is 46.4 Å². The molecule has 0 amide bonds. The van der Waals surface area contributed by atoms with E-state index in [1.54, 1.807) is 36.9 Å². The highest BCUT2D eigenvalue weighted by Crippen LogP contribution is 2.26. The van der Waals surface area contributed by atoms with Crippen LogP contribution in [0.25, 0.3) is 0 Å². The van der Waals surface area contributed by atoms with Gasteiger partial charge in [-0.25, -0.2) is 9.78 Å². The van der Waals surface area contributed by atoms with E-state index in [0.29, 0.717) is 21.5 Å². The number of hydrogen-bond donors (Lipinski definition) is 0. The summed E-state index contributed by atoms with van der Waals surface area (Å²) in [6.45, 7) is 0.118. The Morgan fingerprint density at radius 1 is 1.04 bits per heavy atom. The molecule has 0 spiro atoms. The van der Waals surface area contributed by atoms with Gasteiger partial charge in [0.25, 0.3) is 0 Å². The second-order valence-corrected chi connectivity index (χ2v) is 7.51. The van der Waals surface area contributed by atoms with E-state index in [2.05, 4.69) is 4.98 Å². The van der Waals surface area contributed by atoms with Gasteiger partial charge in [-0.05, 0) is 42.3 Å². The summed E-state index contributed by atoms with van der Waals surface area (Å²) in [5, 5.41) is 1.81. The number of esters is 1. The summed E-state index contributed by atoms with van der Waals surface area (Å²) in [5.74, 6) is -0.524. The van der Waals surface area contributed by atoms with Crippen molar-refractivity contribution in [3.63, 3.8) is 0 Å². The molecule has 1 aromatic heterocycles. The van der Waals surface area contributed by atoms with Gasteiger partial charge in [0, 0.05) is 27.5 Å². The van der Waals surface area contributed by atoms with Crippen LogP contribution < -0.4 is 0 Å². The minimum Gasteiger partial charge on any atom is -0.460 e. The Labute approximate surface area is 176 Å². The predicted molar refractivity (Wildman–Crippen MR) is 108 cm³/mol. The Kier molecular flexibility index (Phi) is 6.66. The van der Waals surface area contributed by atoms with E-state index in [4.69, 9.17) is 51.1 Å². The number of rotatable bonds is 6. The lowest BCUT2D eigenvalue weighted by atomic mass is 10.1. The molecule has 0 aliphatic heterocycles. The molecule has 0 radical (unpaired) electrons. The fraction of sp³-hybridized carbons (Fsp3) is 0.158. The zero-order valence-corrected chi connectivity index (χ0v) is 16.9. The van der Waals surface area contributed by atoms with Gasteiger partial charge < -0.3 is 9.30 Å². The molecule has 1 unspecified atom stereocenters. The van der Waals surface area contributed by atoms with Crippen LogP contribution in [0.1, 0.15) is 22.0 Å². The van der Waals surface area contributed by atoms with Gasteiger partial charge in [-0.1, -0.05) is 52.5 Å². The van der Waals surface area contributed by atoms with E-state index >= 15 is 0 Å². The van der Waals surface area contributed by atoms with E-state index in [-0.39, 0.29) is 23.2 Å². The molecule has 3 rings (SSSR count). The summed E-state index contributed by atoms with van der Waals surface area (Å²) >= 11 is 24.2. The van der Waals surface area contributed by atoms with Crippen molar-refractivity contribution in [2.75, 3.05) is 6.61 Å². The molecule has 0 saturated carbocycles. The monoisotopic (exact) mass is 442 g/mol. The van der Waals surface area contributed by atoms with Gasteiger partial charge in [0.15, 0.2) is 0 Å². The maximum Gasteiger partial charge on any atom is 0.339 e. The van der Waals surface area contributed by atoms with Crippen LogP contribution in [-0.2, 0) is 11.2 Å². The number of carbonyl (C=O) groups excluding carboxylic acids is 1. The number of imidazole rings is 1. The van der Waals surface area contributed by atoms with Crippen molar-refractivity contribution in [3.05, 3.63) is 86.3 Å². The third-order valence-electron chi connectivity index (χ3n) is 3.98. The smallest absolute Gasteiger partial charge is 0.339 e. The van der Waals surface area contributed by atoms with E-state index < -0.39 is 5.97 Å². The summed E-state index contributed by atoms with van der Waals surface area (Å²) in [5.41, 5.74) is 1.15. The van der Waals surface area contributed by atoms with Crippen LogP contribution in [0.5, 0.6) is 0 Å². The fourth-order valence-electron chi connectivity index (χ4n) is 2.58. The lowest BCUT2D eigenvalue weighted by molar-refractivity contribution is 0.0446. The Balaban J connectivity index is 1.75. The number of benzene rings is 2. The molecular weight excluding hydrogens is 430 g/mol. The van der Waals surface area contributed by atoms with Gasteiger partial charge in [-0.2, -0.15) is 0 Å². The molecule has 2 aromatic carbocycles. The van der Waals surface area contributed by atoms with Crippen LogP contribution in [-0.4, -0.2) is 22.1 Å². The molecule has 1 atom stereocenters. The molecule has 8 heteroatoms. The number of hydrogen-bond acceptors (Lipinski definition) is 3. The molecule has 3 aromatic rings. The lowest BCUT2D eigenvalue weighted by Crippen LogP contribution is -2.20. The van der Waals surface area contributed by atoms with Crippen LogP contribution in [0, 0.1) is 0 Å². The summed E-state index contributed by atoms with van der Waals surface area (Å²) in [4.78, 5) is 16.5. The number of aromatic nitrogens is 2. The molecule has 140 valence electrons. The molecule has 0 aliphatic rings. The normalized spacial score (nSPS) is 12.0. The van der Waals surface area contributed by atoms with Gasteiger partial charge in [-0.3, -0.25) is 0 Å². The summed E-state index contributed by atoms with van der Waals surface area (Å²) in [7, 11) is 0. The highest BCUT2D eigenvalue weighted by atomic mass is 35.5. The minimum atomic E-state index is -0.524. The van der Waals surface area contributed by atoms with Gasteiger partial charge in [0.2, 0.25) is 0 Å². The van der Waals surface area contributed by atoms with Crippen LogP contribution in [0.4, 0.5) is 0 Å². The standard InChI is InChI=1S/C19H14Cl4N2O2/c20-13-2-1-12(17(22)8-13)7-15(25-6-5-24-11-25)10-27-19(26)16-4-3-14(21)9-18(16)23/h1-6,8-9,11,15H,7,10H2. The van der Waals surface area contributed by atoms with Gasteiger partial charge in [-0.15, -0.1) is 0 Å². The molecule has 27 heavy (non-hydrogen) atoms. The number of carbonyl (C=O) groups is 1. The van der Waals surface area contributed by atoms with E-state index in [0.717, 1.165) is 5.56 Å². The predicted octanol–water partition coefficient (Wildman–Crippen LogP) is 6.14. The first-order chi connectivity index (χ1) is 12.9. The third kappa shape index (κ3) is 5.17. The average molecular weight is 444 g/mol. The first kappa shape index (κ1) is 20.0. The number of halogens is 4. The zero-order chi connectivity index (χ0) is 19.4. The molecule has 1 heterocycles. The second kappa shape index (κ2) is 8.98. The number of nitrogens with zero attached hydrogens (tertiary/aromatic N) is 2. The molecule has 0 saturated heterocycles. The summed E-state index contributed by atoms with van der Waals surface area (Å²) in [6.07, 6.45) is 5.66. The molecule has 4 nitrogen and oxygen atoms in total. The van der Waals surface area contributed by atoms with E-state index in [1.807, 2.05) is 10.6 Å². The zero-order valence-electron chi connectivity index (χ0n) is 13.9. The van der Waals surface area contributed by atoms with Crippen LogP contribution in [0.15, 0.2) is 55.1 Å². The van der Waals surface area contributed by atoms with Crippen molar-refractivity contribution >= 4 is 52.4 Å². The second-order valence-electron chi connectivity index (χ2n) is 5.83. The molecular formula is C19H14Cl4N2O2. The first-order valence-corrected chi connectivity index (χ1v) is 9.49. The highest BCUT2D eigenvalue weighted by Gasteiger charge is 2.18. The van der Waals surface area contributed by atoms with Gasteiger partial charge in [0.05, 0.1) is 23.0 Å². The molecule has 0 bridgehead atoms. The Morgan fingerprint density at radius 2 is 1.74 bits per heavy atom. The third-order valence-corrected chi connectivity index (χ3v) is 5.11. The SMILES string of the molecule is O=C(OCC(Cc1ccc(Cl)cc1Cl)n1ccnc1)c1ccc(Cl)cc1Cl. The van der Waals surface area contributed by atoms with Crippen molar-refractivity contribution in [3.8, 4) is 0 Å². The Morgan fingerprint density at radius 3 is 2.37 bits per heavy atom. The average Bonchev–Trinajstić information content (AvgIpc) is 3.14. The first-order valence-electron chi connectivity index (χ1n) is 7.97. The maximum atomic E-state index is 12.4. The van der Waals surface area contributed by atoms with E-state index in [9.17, 15) is 4.79 Å². The van der Waals surface area contributed by atoms with Crippen molar-refractivity contribution < 1.29 is 9.53 Å². The maximum absolute atomic E-state index is 12.4. The fourth-order valence-corrected chi connectivity index (χ4v) is 3.55. The van der Waals surface area contributed by atoms with Gasteiger partial charge >= 0.3 is 5.97 Å². The summed E-state index contributed by atoms with van der Waals surface area (Å²) < 4.78 is 7.35. The summed E-state index contributed by atoms with van der Waals surface area (Å²) in [6, 6.07) is 9.74.